The molecule has 1 amide bonds. The highest BCUT2D eigenvalue weighted by atomic mass is 16.5. The molecular weight excluding hydrogens is 254 g/mol. The molecule has 0 unspecified atom stereocenters. The van der Waals surface area contributed by atoms with E-state index in [1.54, 1.807) is 31.4 Å². The molecule has 0 aliphatic rings. The van der Waals surface area contributed by atoms with E-state index in [1.807, 2.05) is 26.8 Å². The first-order valence-corrected chi connectivity index (χ1v) is 6.19. The third-order valence-electron chi connectivity index (χ3n) is 2.33. The summed E-state index contributed by atoms with van der Waals surface area (Å²) in [7, 11) is 1.59. The first-order valence-electron chi connectivity index (χ1n) is 6.19. The lowest BCUT2D eigenvalue weighted by molar-refractivity contribution is -0.118. The van der Waals surface area contributed by atoms with Crippen LogP contribution < -0.4 is 15.4 Å². The molecule has 2 N–H and O–H groups in total. The molecular formula is C15H19N3O2. The zero-order valence-corrected chi connectivity index (χ0v) is 12.2. The summed E-state index contributed by atoms with van der Waals surface area (Å²) in [5, 5.41) is 14.7. The van der Waals surface area contributed by atoms with E-state index >= 15 is 0 Å². The number of rotatable bonds is 4. The Labute approximate surface area is 119 Å². The van der Waals surface area contributed by atoms with Crippen molar-refractivity contribution in [2.24, 2.45) is 0 Å². The molecule has 20 heavy (non-hydrogen) atoms. The fourth-order valence-corrected chi connectivity index (χ4v) is 1.40. The Morgan fingerprint density at radius 1 is 1.30 bits per heavy atom. The minimum atomic E-state index is -0.402. The summed E-state index contributed by atoms with van der Waals surface area (Å²) in [5.41, 5.74) is 0.408. The van der Waals surface area contributed by atoms with Crippen LogP contribution >= 0.6 is 0 Å². The van der Waals surface area contributed by atoms with Crippen LogP contribution in [0.3, 0.4) is 0 Å². The summed E-state index contributed by atoms with van der Waals surface area (Å²) in [6.07, 6.45) is 1.39. The summed E-state index contributed by atoms with van der Waals surface area (Å²) in [4.78, 5) is 11.8. The minimum absolute atomic E-state index is 0.0238. The van der Waals surface area contributed by atoms with Gasteiger partial charge in [-0.15, -0.1) is 0 Å². The van der Waals surface area contributed by atoms with Gasteiger partial charge in [0.15, 0.2) is 0 Å². The number of carbonyl (C=O) groups is 1. The van der Waals surface area contributed by atoms with Crippen LogP contribution in [-0.4, -0.2) is 18.6 Å². The highest BCUT2D eigenvalue weighted by Crippen LogP contribution is 2.15. The number of hydrogen-bond acceptors (Lipinski definition) is 4. The summed E-state index contributed by atoms with van der Waals surface area (Å²) >= 11 is 0. The molecule has 106 valence electrons. The zero-order chi connectivity index (χ0) is 15.2. The fraction of sp³-hybridized carbons (Fsp3) is 0.333. The van der Waals surface area contributed by atoms with Crippen molar-refractivity contribution >= 4 is 11.6 Å². The summed E-state index contributed by atoms with van der Waals surface area (Å²) in [6, 6.07) is 9.05. The second kappa shape index (κ2) is 6.62. The largest absolute Gasteiger partial charge is 0.497 e. The van der Waals surface area contributed by atoms with Crippen molar-refractivity contribution in [1.29, 1.82) is 5.26 Å². The molecule has 0 aromatic heterocycles. The Kier molecular flexibility index (Phi) is 5.15. The van der Waals surface area contributed by atoms with Crippen LogP contribution in [0, 0.1) is 11.3 Å². The topological polar surface area (TPSA) is 74.1 Å². The number of carbonyl (C=O) groups excluding carboxylic acids is 1. The van der Waals surface area contributed by atoms with E-state index in [9.17, 15) is 4.79 Å². The predicted octanol–water partition coefficient (Wildman–Crippen LogP) is 2.43. The second-order valence-corrected chi connectivity index (χ2v) is 5.25. The monoisotopic (exact) mass is 273 g/mol. The SMILES string of the molecule is COc1ccc(N/C=C(/C#N)C(=O)NC(C)(C)C)cc1. The number of nitrogens with one attached hydrogen (secondary N) is 2. The van der Waals surface area contributed by atoms with Gasteiger partial charge in [0.05, 0.1) is 7.11 Å². The van der Waals surface area contributed by atoms with Crippen molar-refractivity contribution in [3.05, 3.63) is 36.0 Å². The van der Waals surface area contributed by atoms with Crippen molar-refractivity contribution in [1.82, 2.24) is 5.32 Å². The maximum Gasteiger partial charge on any atom is 0.263 e. The molecule has 0 radical (unpaired) electrons. The van der Waals surface area contributed by atoms with Gasteiger partial charge in [0, 0.05) is 17.4 Å². The lowest BCUT2D eigenvalue weighted by atomic mass is 10.1. The van der Waals surface area contributed by atoms with Gasteiger partial charge in [0.2, 0.25) is 0 Å². The van der Waals surface area contributed by atoms with Crippen molar-refractivity contribution in [2.45, 2.75) is 26.3 Å². The van der Waals surface area contributed by atoms with E-state index < -0.39 is 5.91 Å². The van der Waals surface area contributed by atoms with E-state index in [0.717, 1.165) is 11.4 Å². The molecule has 1 rings (SSSR count). The van der Waals surface area contributed by atoms with Crippen LogP contribution in [0.4, 0.5) is 5.69 Å². The molecule has 5 heteroatoms. The molecule has 0 heterocycles. The van der Waals surface area contributed by atoms with Crippen molar-refractivity contribution in [2.75, 3.05) is 12.4 Å². The number of amides is 1. The van der Waals surface area contributed by atoms with Crippen molar-refractivity contribution < 1.29 is 9.53 Å². The highest BCUT2D eigenvalue weighted by molar-refractivity contribution is 5.97. The number of nitriles is 1. The van der Waals surface area contributed by atoms with E-state index in [4.69, 9.17) is 10.00 Å². The third-order valence-corrected chi connectivity index (χ3v) is 2.33. The second-order valence-electron chi connectivity index (χ2n) is 5.25. The molecule has 5 nitrogen and oxygen atoms in total. The van der Waals surface area contributed by atoms with E-state index in [-0.39, 0.29) is 11.1 Å². The molecule has 1 aromatic rings. The number of anilines is 1. The van der Waals surface area contributed by atoms with Gasteiger partial charge in [-0.05, 0) is 45.0 Å². The molecule has 0 aliphatic carbocycles. The van der Waals surface area contributed by atoms with Gasteiger partial charge >= 0.3 is 0 Å². The molecule has 0 bridgehead atoms. The summed E-state index contributed by atoms with van der Waals surface area (Å²) in [6.45, 7) is 5.57. The Bertz CT molecular complexity index is 534. The summed E-state index contributed by atoms with van der Waals surface area (Å²) < 4.78 is 5.05. The van der Waals surface area contributed by atoms with Crippen molar-refractivity contribution in [3.63, 3.8) is 0 Å². The number of methoxy groups -OCH3 is 1. The Morgan fingerprint density at radius 2 is 1.90 bits per heavy atom. The van der Waals surface area contributed by atoms with Crippen LogP contribution in [-0.2, 0) is 4.79 Å². The maximum absolute atomic E-state index is 11.8. The molecule has 0 aliphatic heterocycles. The Hall–Kier alpha value is -2.48. The van der Waals surface area contributed by atoms with Gasteiger partial charge in [0.1, 0.15) is 17.4 Å². The average molecular weight is 273 g/mol. The first-order chi connectivity index (χ1) is 9.35. The van der Waals surface area contributed by atoms with Gasteiger partial charge in [-0.3, -0.25) is 4.79 Å². The normalized spacial score (nSPS) is 11.4. The van der Waals surface area contributed by atoms with Gasteiger partial charge in [-0.2, -0.15) is 5.26 Å². The van der Waals surface area contributed by atoms with E-state index in [0.29, 0.717) is 0 Å². The number of benzene rings is 1. The minimum Gasteiger partial charge on any atom is -0.497 e. The van der Waals surface area contributed by atoms with Crippen LogP contribution in [0.15, 0.2) is 36.0 Å². The van der Waals surface area contributed by atoms with Gasteiger partial charge in [-0.25, -0.2) is 0 Å². The third kappa shape index (κ3) is 5.02. The highest BCUT2D eigenvalue weighted by Gasteiger charge is 2.16. The summed E-state index contributed by atoms with van der Waals surface area (Å²) in [5.74, 6) is 0.339. The van der Waals surface area contributed by atoms with E-state index in [1.165, 1.54) is 6.20 Å². The number of ether oxygens (including phenoxy) is 1. The quantitative estimate of drug-likeness (QED) is 0.652. The molecule has 0 spiro atoms. The van der Waals surface area contributed by atoms with Gasteiger partial charge in [-0.1, -0.05) is 0 Å². The smallest absolute Gasteiger partial charge is 0.263 e. The average Bonchev–Trinajstić information content (AvgIpc) is 2.38. The van der Waals surface area contributed by atoms with Crippen LogP contribution in [0.1, 0.15) is 20.8 Å². The molecule has 0 saturated carbocycles. The predicted molar refractivity (Wildman–Crippen MR) is 78.2 cm³/mol. The number of nitrogens with zero attached hydrogens (tertiary/aromatic N) is 1. The molecule has 0 saturated heterocycles. The first kappa shape index (κ1) is 15.6. The molecule has 0 atom stereocenters. The zero-order valence-electron chi connectivity index (χ0n) is 12.2. The fourth-order valence-electron chi connectivity index (χ4n) is 1.40. The molecule has 1 aromatic carbocycles. The van der Waals surface area contributed by atoms with Gasteiger partial charge < -0.3 is 15.4 Å². The van der Waals surface area contributed by atoms with Gasteiger partial charge in [0.25, 0.3) is 5.91 Å². The van der Waals surface area contributed by atoms with Crippen LogP contribution in [0.25, 0.3) is 0 Å². The lowest BCUT2D eigenvalue weighted by Crippen LogP contribution is -2.41. The maximum atomic E-state index is 11.8. The standard InChI is InChI=1S/C15H19N3O2/c1-15(2,3)18-14(19)11(9-16)10-17-12-5-7-13(20-4)8-6-12/h5-8,10,17H,1-4H3,(H,18,19)/b11-10-. The van der Waals surface area contributed by atoms with Crippen LogP contribution in [0.2, 0.25) is 0 Å². The Balaban J connectivity index is 2.75. The van der Waals surface area contributed by atoms with Crippen molar-refractivity contribution in [3.8, 4) is 11.8 Å². The van der Waals surface area contributed by atoms with Crippen LogP contribution in [0.5, 0.6) is 5.75 Å². The van der Waals surface area contributed by atoms with E-state index in [2.05, 4.69) is 10.6 Å². The number of hydrogen-bond donors (Lipinski definition) is 2. The molecule has 0 fully saturated rings. The lowest BCUT2D eigenvalue weighted by Gasteiger charge is -2.20. The Morgan fingerprint density at radius 3 is 2.35 bits per heavy atom.